The van der Waals surface area contributed by atoms with Gasteiger partial charge in [0.25, 0.3) is 0 Å². The smallest absolute Gasteiger partial charge is 0.407 e. The first kappa shape index (κ1) is 16.6. The molecule has 2 fully saturated rings. The molecule has 2 aliphatic rings. The first-order chi connectivity index (χ1) is 9.83. The second kappa shape index (κ2) is 6.97. The minimum Gasteiger partial charge on any atom is -0.444 e. The van der Waals surface area contributed by atoms with E-state index in [0.29, 0.717) is 6.04 Å². The maximum absolute atomic E-state index is 11.7. The molecular formula is C16H31N3O2. The molecule has 0 aromatic carbocycles. The fourth-order valence-electron chi connectivity index (χ4n) is 2.92. The molecule has 2 rings (SSSR count). The van der Waals surface area contributed by atoms with E-state index in [2.05, 4.69) is 22.6 Å². The number of carbonyl (C=O) groups is 1. The van der Waals surface area contributed by atoms with Gasteiger partial charge in [-0.1, -0.05) is 0 Å². The minimum absolute atomic E-state index is 0.249. The summed E-state index contributed by atoms with van der Waals surface area (Å²) < 4.78 is 5.30. The third-order valence-corrected chi connectivity index (χ3v) is 4.22. The number of nitrogens with zero attached hydrogens (tertiary/aromatic N) is 1. The van der Waals surface area contributed by atoms with Crippen LogP contribution in [-0.2, 0) is 4.74 Å². The topological polar surface area (TPSA) is 53.6 Å². The summed E-state index contributed by atoms with van der Waals surface area (Å²) in [5.41, 5.74) is -0.423. The highest BCUT2D eigenvalue weighted by molar-refractivity contribution is 5.68. The van der Waals surface area contributed by atoms with Crippen LogP contribution in [0.3, 0.4) is 0 Å². The third-order valence-electron chi connectivity index (χ3n) is 4.22. The number of alkyl carbamates (subject to hydrolysis) is 1. The molecule has 2 N–H and O–H groups in total. The number of carbonyl (C=O) groups excluding carboxylic acids is 1. The fraction of sp³-hybridized carbons (Fsp3) is 0.938. The van der Waals surface area contributed by atoms with Gasteiger partial charge in [0, 0.05) is 31.2 Å². The van der Waals surface area contributed by atoms with Crippen LogP contribution in [0.1, 0.15) is 52.9 Å². The van der Waals surface area contributed by atoms with Gasteiger partial charge in [-0.15, -0.1) is 0 Å². The molecule has 122 valence electrons. The molecule has 0 aromatic heterocycles. The van der Waals surface area contributed by atoms with Crippen LogP contribution in [-0.4, -0.2) is 54.9 Å². The number of rotatable bonds is 6. The number of amides is 1. The summed E-state index contributed by atoms with van der Waals surface area (Å²) in [6, 6.07) is 1.60. The molecule has 0 saturated heterocycles. The van der Waals surface area contributed by atoms with Crippen LogP contribution in [0.25, 0.3) is 0 Å². The summed E-state index contributed by atoms with van der Waals surface area (Å²) >= 11 is 0. The van der Waals surface area contributed by atoms with Gasteiger partial charge in [0.05, 0.1) is 0 Å². The highest BCUT2D eigenvalue weighted by Crippen LogP contribution is 2.25. The first-order valence-corrected chi connectivity index (χ1v) is 8.26. The van der Waals surface area contributed by atoms with Gasteiger partial charge in [-0.2, -0.15) is 0 Å². The van der Waals surface area contributed by atoms with Gasteiger partial charge in [0.2, 0.25) is 0 Å². The van der Waals surface area contributed by atoms with Crippen LogP contribution < -0.4 is 10.6 Å². The molecule has 0 heterocycles. The van der Waals surface area contributed by atoms with Crippen molar-refractivity contribution in [3.8, 4) is 0 Å². The minimum atomic E-state index is -0.423. The van der Waals surface area contributed by atoms with Gasteiger partial charge in [-0.05, 0) is 59.9 Å². The Morgan fingerprint density at radius 1 is 1.19 bits per heavy atom. The summed E-state index contributed by atoms with van der Waals surface area (Å²) in [6.07, 6.45) is 5.61. The van der Waals surface area contributed by atoms with Gasteiger partial charge in [-0.3, -0.25) is 0 Å². The summed E-state index contributed by atoms with van der Waals surface area (Å²) in [4.78, 5) is 14.2. The van der Waals surface area contributed by atoms with E-state index in [1.54, 1.807) is 0 Å². The van der Waals surface area contributed by atoms with E-state index >= 15 is 0 Å². The zero-order valence-electron chi connectivity index (χ0n) is 13.9. The average molecular weight is 297 g/mol. The van der Waals surface area contributed by atoms with E-state index in [0.717, 1.165) is 38.4 Å². The maximum atomic E-state index is 11.7. The zero-order valence-corrected chi connectivity index (χ0v) is 13.9. The molecule has 0 bridgehead atoms. The van der Waals surface area contributed by atoms with E-state index in [1.165, 1.54) is 12.8 Å². The van der Waals surface area contributed by atoms with E-state index < -0.39 is 5.60 Å². The molecule has 0 aliphatic heterocycles. The Labute approximate surface area is 128 Å². The Hall–Kier alpha value is -0.810. The number of hydrogen-bond donors (Lipinski definition) is 2. The predicted octanol–water partition coefficient (Wildman–Crippen LogP) is 2.12. The molecule has 0 radical (unpaired) electrons. The Morgan fingerprint density at radius 3 is 2.48 bits per heavy atom. The first-order valence-electron chi connectivity index (χ1n) is 8.26. The second-order valence-corrected chi connectivity index (χ2v) is 7.52. The second-order valence-electron chi connectivity index (χ2n) is 7.52. The van der Waals surface area contributed by atoms with E-state index in [9.17, 15) is 4.79 Å². The predicted molar refractivity (Wildman–Crippen MR) is 84.5 cm³/mol. The van der Waals surface area contributed by atoms with Crippen LogP contribution in [0.5, 0.6) is 0 Å². The highest BCUT2D eigenvalue weighted by Gasteiger charge is 2.28. The van der Waals surface area contributed by atoms with Crippen LogP contribution in [0.15, 0.2) is 0 Å². The number of hydrogen-bond acceptors (Lipinski definition) is 4. The van der Waals surface area contributed by atoms with Crippen molar-refractivity contribution in [3.63, 3.8) is 0 Å². The van der Waals surface area contributed by atoms with Crippen LogP contribution in [0.4, 0.5) is 4.79 Å². The molecule has 2 unspecified atom stereocenters. The van der Waals surface area contributed by atoms with Crippen molar-refractivity contribution in [3.05, 3.63) is 0 Å². The van der Waals surface area contributed by atoms with Gasteiger partial charge >= 0.3 is 6.09 Å². The van der Waals surface area contributed by atoms with E-state index in [-0.39, 0.29) is 12.1 Å². The molecule has 1 amide bonds. The van der Waals surface area contributed by atoms with Gasteiger partial charge in [-0.25, -0.2) is 4.79 Å². The lowest BCUT2D eigenvalue weighted by molar-refractivity contribution is 0.0505. The SMILES string of the molecule is CN(CCNC1CCC(NC(=O)OC(C)(C)C)C1)C1CC1. The average Bonchev–Trinajstić information content (AvgIpc) is 3.10. The normalized spacial score (nSPS) is 26.1. The van der Waals surface area contributed by atoms with Crippen molar-refractivity contribution in [1.82, 2.24) is 15.5 Å². The summed E-state index contributed by atoms with van der Waals surface area (Å²) in [7, 11) is 2.21. The number of ether oxygens (including phenoxy) is 1. The Morgan fingerprint density at radius 2 is 1.86 bits per heavy atom. The molecular weight excluding hydrogens is 266 g/mol. The van der Waals surface area contributed by atoms with Crippen molar-refractivity contribution in [2.45, 2.75) is 76.6 Å². The molecule has 5 nitrogen and oxygen atoms in total. The zero-order chi connectivity index (χ0) is 15.5. The Balaban J connectivity index is 1.58. The van der Waals surface area contributed by atoms with Gasteiger partial charge in [0.15, 0.2) is 0 Å². The number of likely N-dealkylation sites (N-methyl/N-ethyl adjacent to an activating group) is 1. The largest absolute Gasteiger partial charge is 0.444 e. The summed E-state index contributed by atoms with van der Waals surface area (Å²) in [5.74, 6) is 0. The quantitative estimate of drug-likeness (QED) is 0.788. The summed E-state index contributed by atoms with van der Waals surface area (Å²) in [5, 5.41) is 6.59. The monoisotopic (exact) mass is 297 g/mol. The lowest BCUT2D eigenvalue weighted by Gasteiger charge is -2.22. The summed E-state index contributed by atoms with van der Waals surface area (Å²) in [6.45, 7) is 7.83. The fourth-order valence-corrected chi connectivity index (χ4v) is 2.92. The standard InChI is InChI=1S/C16H31N3O2/c1-16(2,3)21-15(20)18-13-6-5-12(11-13)17-9-10-19(4)14-7-8-14/h12-14,17H,5-11H2,1-4H3,(H,18,20). The third kappa shape index (κ3) is 6.22. The molecule has 5 heteroatoms. The molecule has 2 saturated carbocycles. The number of nitrogens with one attached hydrogen (secondary N) is 2. The van der Waals surface area contributed by atoms with Crippen molar-refractivity contribution in [1.29, 1.82) is 0 Å². The van der Waals surface area contributed by atoms with Crippen molar-refractivity contribution >= 4 is 6.09 Å². The van der Waals surface area contributed by atoms with Crippen molar-refractivity contribution in [2.75, 3.05) is 20.1 Å². The van der Waals surface area contributed by atoms with Crippen LogP contribution in [0, 0.1) is 0 Å². The lowest BCUT2D eigenvalue weighted by atomic mass is 10.2. The van der Waals surface area contributed by atoms with Crippen molar-refractivity contribution < 1.29 is 9.53 Å². The van der Waals surface area contributed by atoms with Gasteiger partial charge in [0.1, 0.15) is 5.60 Å². The molecule has 2 aliphatic carbocycles. The Kier molecular flexibility index (Phi) is 5.49. The lowest BCUT2D eigenvalue weighted by Crippen LogP contribution is -2.40. The van der Waals surface area contributed by atoms with E-state index in [4.69, 9.17) is 4.74 Å². The van der Waals surface area contributed by atoms with Gasteiger partial charge < -0.3 is 20.3 Å². The van der Waals surface area contributed by atoms with E-state index in [1.807, 2.05) is 20.8 Å². The van der Waals surface area contributed by atoms with Crippen LogP contribution in [0.2, 0.25) is 0 Å². The molecule has 0 spiro atoms. The molecule has 21 heavy (non-hydrogen) atoms. The molecule has 2 atom stereocenters. The van der Waals surface area contributed by atoms with Crippen LogP contribution >= 0.6 is 0 Å². The highest BCUT2D eigenvalue weighted by atomic mass is 16.6. The Bertz CT molecular complexity index is 350. The maximum Gasteiger partial charge on any atom is 0.407 e. The molecule has 0 aromatic rings. The van der Waals surface area contributed by atoms with Crippen molar-refractivity contribution in [2.24, 2.45) is 0 Å².